The Balaban J connectivity index is 1.96. The fraction of sp³-hybridized carbons (Fsp3) is 0.500. The maximum absolute atomic E-state index is 9.98. The molecule has 0 spiro atoms. The van der Waals surface area contributed by atoms with Crippen LogP contribution in [-0.4, -0.2) is 17.7 Å². The smallest absolute Gasteiger partial charge is 0.0929 e. The molecule has 2 nitrogen and oxygen atoms in total. The third-order valence-corrected chi connectivity index (χ3v) is 3.58. The Bertz CT molecular complexity index is 383. The van der Waals surface area contributed by atoms with Crippen molar-refractivity contribution in [3.8, 4) is 0 Å². The van der Waals surface area contributed by atoms with Gasteiger partial charge in [0.25, 0.3) is 0 Å². The molecule has 2 N–H and O–H groups in total. The highest BCUT2D eigenvalue weighted by Gasteiger charge is 2.32. The van der Waals surface area contributed by atoms with Gasteiger partial charge in [0.1, 0.15) is 0 Å². The predicted molar refractivity (Wildman–Crippen MR) is 67.0 cm³/mol. The van der Waals surface area contributed by atoms with Gasteiger partial charge >= 0.3 is 0 Å². The minimum absolute atomic E-state index is 0.523. The Morgan fingerprint density at radius 1 is 1.50 bits per heavy atom. The zero-order valence-electron chi connectivity index (χ0n) is 9.08. The van der Waals surface area contributed by atoms with Gasteiger partial charge in [-0.15, -0.1) is 0 Å². The van der Waals surface area contributed by atoms with Gasteiger partial charge in [0.15, 0.2) is 0 Å². The highest BCUT2D eigenvalue weighted by atomic mass is 35.5. The molecule has 2 rings (SSSR count). The summed E-state index contributed by atoms with van der Waals surface area (Å²) in [5.41, 5.74) is 0.690. The maximum atomic E-state index is 9.98. The lowest BCUT2D eigenvalue weighted by Gasteiger charge is -2.13. The molecule has 1 aliphatic carbocycles. The van der Waals surface area contributed by atoms with Crippen LogP contribution in [0, 0.1) is 5.92 Å². The van der Waals surface area contributed by atoms with E-state index in [-0.39, 0.29) is 0 Å². The van der Waals surface area contributed by atoms with Crippen molar-refractivity contribution >= 4 is 23.2 Å². The molecule has 4 heteroatoms. The molecule has 16 heavy (non-hydrogen) atoms. The van der Waals surface area contributed by atoms with Crippen LogP contribution < -0.4 is 5.32 Å². The zero-order chi connectivity index (χ0) is 11.7. The Kier molecular flexibility index (Phi) is 3.75. The first kappa shape index (κ1) is 12.2. The van der Waals surface area contributed by atoms with E-state index in [4.69, 9.17) is 23.2 Å². The monoisotopic (exact) mass is 259 g/mol. The molecule has 3 atom stereocenters. The van der Waals surface area contributed by atoms with Crippen LogP contribution in [-0.2, 0) is 0 Å². The molecule has 0 radical (unpaired) electrons. The van der Waals surface area contributed by atoms with Crippen LogP contribution in [0.2, 0.25) is 10.0 Å². The second kappa shape index (κ2) is 4.92. The summed E-state index contributed by atoms with van der Waals surface area (Å²) in [6.07, 6.45) is 0.592. The topological polar surface area (TPSA) is 32.3 Å². The summed E-state index contributed by atoms with van der Waals surface area (Å²) in [6.45, 7) is 2.71. The van der Waals surface area contributed by atoms with Crippen LogP contribution in [0.1, 0.15) is 25.0 Å². The van der Waals surface area contributed by atoms with E-state index in [1.165, 1.54) is 6.42 Å². The Hall–Kier alpha value is -0.280. The first-order valence-corrected chi connectivity index (χ1v) is 6.20. The molecule has 0 heterocycles. The van der Waals surface area contributed by atoms with Crippen LogP contribution in [0.3, 0.4) is 0 Å². The predicted octanol–water partition coefficient (Wildman–Crippen LogP) is 3.02. The first-order valence-electron chi connectivity index (χ1n) is 5.44. The van der Waals surface area contributed by atoms with E-state index < -0.39 is 6.10 Å². The number of nitrogens with one attached hydrogen (secondary N) is 1. The summed E-state index contributed by atoms with van der Waals surface area (Å²) < 4.78 is 0. The SMILES string of the molecule is CC1CC1NCC(O)c1cc(Cl)ccc1Cl. The van der Waals surface area contributed by atoms with Gasteiger partial charge < -0.3 is 10.4 Å². The van der Waals surface area contributed by atoms with Gasteiger partial charge in [0.05, 0.1) is 6.10 Å². The largest absolute Gasteiger partial charge is 0.387 e. The number of aliphatic hydroxyl groups is 1. The quantitative estimate of drug-likeness (QED) is 0.872. The molecule has 0 bridgehead atoms. The van der Waals surface area contributed by atoms with Crippen LogP contribution in [0.4, 0.5) is 0 Å². The highest BCUT2D eigenvalue weighted by Crippen LogP contribution is 2.30. The van der Waals surface area contributed by atoms with E-state index >= 15 is 0 Å². The molecule has 1 fully saturated rings. The number of hydrogen-bond acceptors (Lipinski definition) is 2. The van der Waals surface area contributed by atoms with E-state index in [9.17, 15) is 5.11 Å². The van der Waals surface area contributed by atoms with Gasteiger partial charge in [-0.2, -0.15) is 0 Å². The molecule has 0 saturated heterocycles. The second-order valence-electron chi connectivity index (χ2n) is 4.41. The number of benzene rings is 1. The summed E-state index contributed by atoms with van der Waals surface area (Å²) in [5.74, 6) is 0.724. The van der Waals surface area contributed by atoms with Crippen LogP contribution in [0.25, 0.3) is 0 Å². The van der Waals surface area contributed by atoms with Gasteiger partial charge in [0.2, 0.25) is 0 Å². The summed E-state index contributed by atoms with van der Waals surface area (Å²) in [4.78, 5) is 0. The number of halogens is 2. The molecule has 1 saturated carbocycles. The molecule has 3 unspecified atom stereocenters. The Labute approximate surface area is 106 Å². The fourth-order valence-electron chi connectivity index (χ4n) is 1.75. The molecule has 88 valence electrons. The van der Waals surface area contributed by atoms with Crippen molar-refractivity contribution in [2.45, 2.75) is 25.5 Å². The first-order chi connectivity index (χ1) is 7.58. The molecular formula is C12H15Cl2NO. The number of aliphatic hydroxyl groups excluding tert-OH is 1. The van der Waals surface area contributed by atoms with Crippen LogP contribution >= 0.6 is 23.2 Å². The summed E-state index contributed by atoms with van der Waals surface area (Å²) in [5, 5.41) is 14.4. The van der Waals surface area contributed by atoms with Crippen molar-refractivity contribution in [3.05, 3.63) is 33.8 Å². The average molecular weight is 260 g/mol. The lowest BCUT2D eigenvalue weighted by atomic mass is 10.1. The fourth-order valence-corrected chi connectivity index (χ4v) is 2.17. The molecule has 1 aliphatic rings. The Morgan fingerprint density at radius 3 is 2.81 bits per heavy atom. The molecule has 0 amide bonds. The second-order valence-corrected chi connectivity index (χ2v) is 5.25. The summed E-state index contributed by atoms with van der Waals surface area (Å²) in [6, 6.07) is 5.69. The normalized spacial score (nSPS) is 25.5. The van der Waals surface area contributed by atoms with E-state index in [0.717, 1.165) is 5.92 Å². The highest BCUT2D eigenvalue weighted by molar-refractivity contribution is 6.33. The molecule has 0 aromatic heterocycles. The van der Waals surface area contributed by atoms with E-state index in [1.807, 2.05) is 0 Å². The van der Waals surface area contributed by atoms with Gasteiger partial charge in [-0.1, -0.05) is 30.1 Å². The third-order valence-electron chi connectivity index (χ3n) is 3.00. The van der Waals surface area contributed by atoms with E-state index in [1.54, 1.807) is 18.2 Å². The van der Waals surface area contributed by atoms with Gasteiger partial charge in [0, 0.05) is 28.2 Å². The minimum atomic E-state index is -0.598. The van der Waals surface area contributed by atoms with Crippen molar-refractivity contribution in [1.29, 1.82) is 0 Å². The van der Waals surface area contributed by atoms with Crippen molar-refractivity contribution in [3.63, 3.8) is 0 Å². The third kappa shape index (κ3) is 2.89. The lowest BCUT2D eigenvalue weighted by molar-refractivity contribution is 0.174. The summed E-state index contributed by atoms with van der Waals surface area (Å²) in [7, 11) is 0. The van der Waals surface area contributed by atoms with Crippen LogP contribution in [0.5, 0.6) is 0 Å². The van der Waals surface area contributed by atoms with Crippen LogP contribution in [0.15, 0.2) is 18.2 Å². The van der Waals surface area contributed by atoms with Gasteiger partial charge in [-0.05, 0) is 30.5 Å². The van der Waals surface area contributed by atoms with Crippen molar-refractivity contribution < 1.29 is 5.11 Å². The average Bonchev–Trinajstić information content (AvgIpc) is 2.95. The zero-order valence-corrected chi connectivity index (χ0v) is 10.6. The van der Waals surface area contributed by atoms with E-state index in [0.29, 0.717) is 28.2 Å². The molecule has 0 aliphatic heterocycles. The maximum Gasteiger partial charge on any atom is 0.0929 e. The van der Waals surface area contributed by atoms with Crippen molar-refractivity contribution in [1.82, 2.24) is 5.32 Å². The van der Waals surface area contributed by atoms with Gasteiger partial charge in [-0.3, -0.25) is 0 Å². The van der Waals surface area contributed by atoms with Gasteiger partial charge in [-0.25, -0.2) is 0 Å². The van der Waals surface area contributed by atoms with E-state index in [2.05, 4.69) is 12.2 Å². The number of hydrogen-bond donors (Lipinski definition) is 2. The van der Waals surface area contributed by atoms with Crippen molar-refractivity contribution in [2.75, 3.05) is 6.54 Å². The molecule has 1 aromatic rings. The lowest BCUT2D eigenvalue weighted by Crippen LogP contribution is -2.24. The molecule has 1 aromatic carbocycles. The van der Waals surface area contributed by atoms with Crippen molar-refractivity contribution in [2.24, 2.45) is 5.92 Å². The summed E-state index contributed by atoms with van der Waals surface area (Å²) >= 11 is 11.9. The minimum Gasteiger partial charge on any atom is -0.387 e. The Morgan fingerprint density at radius 2 is 2.19 bits per heavy atom. The molecular weight excluding hydrogens is 245 g/mol. The standard InChI is InChI=1S/C12H15Cl2NO/c1-7-4-11(7)15-6-12(16)9-5-8(13)2-3-10(9)14/h2-3,5,7,11-12,15-16H,4,6H2,1H3. The number of rotatable bonds is 4.